The van der Waals surface area contributed by atoms with Gasteiger partial charge in [-0.25, -0.2) is 0 Å². The molecule has 1 aromatic heterocycles. The minimum Gasteiger partial charge on any atom is -0.337 e. The van der Waals surface area contributed by atoms with E-state index in [0.717, 1.165) is 12.8 Å². The monoisotopic (exact) mass is 237 g/mol. The second-order valence-electron chi connectivity index (χ2n) is 4.58. The van der Waals surface area contributed by atoms with E-state index in [4.69, 9.17) is 18.0 Å². The van der Waals surface area contributed by atoms with E-state index in [-0.39, 0.29) is 0 Å². The van der Waals surface area contributed by atoms with Crippen molar-refractivity contribution in [3.63, 3.8) is 0 Å². The average Bonchev–Trinajstić information content (AvgIpc) is 2.67. The number of imidazole rings is 1. The lowest BCUT2D eigenvalue weighted by atomic mass is 9.77. The summed E-state index contributed by atoms with van der Waals surface area (Å²) in [7, 11) is 0. The SMILES string of the molecule is CC1C(CN)=CCCC1Cc1c[nH]c(=S)[nH]1. The van der Waals surface area contributed by atoms with Crippen molar-refractivity contribution in [3.8, 4) is 0 Å². The maximum absolute atomic E-state index is 5.75. The molecule has 0 aromatic carbocycles. The highest BCUT2D eigenvalue weighted by Gasteiger charge is 2.23. The van der Waals surface area contributed by atoms with Gasteiger partial charge in [-0.15, -0.1) is 0 Å². The van der Waals surface area contributed by atoms with Crippen LogP contribution in [-0.4, -0.2) is 16.5 Å². The van der Waals surface area contributed by atoms with Crippen molar-refractivity contribution in [1.29, 1.82) is 0 Å². The molecule has 0 amide bonds. The van der Waals surface area contributed by atoms with Crippen molar-refractivity contribution in [2.45, 2.75) is 26.2 Å². The maximum atomic E-state index is 5.75. The number of hydrogen-bond acceptors (Lipinski definition) is 2. The molecule has 2 atom stereocenters. The molecular weight excluding hydrogens is 218 g/mol. The molecule has 88 valence electrons. The van der Waals surface area contributed by atoms with E-state index in [1.165, 1.54) is 17.7 Å². The fraction of sp³-hybridized carbons (Fsp3) is 0.583. The predicted molar refractivity (Wildman–Crippen MR) is 68.7 cm³/mol. The number of allylic oxidation sites excluding steroid dienone is 1. The molecule has 2 unspecified atom stereocenters. The van der Waals surface area contributed by atoms with Crippen LogP contribution in [0.3, 0.4) is 0 Å². The van der Waals surface area contributed by atoms with Gasteiger partial charge in [0.1, 0.15) is 0 Å². The summed E-state index contributed by atoms with van der Waals surface area (Å²) in [6, 6.07) is 0. The van der Waals surface area contributed by atoms with Crippen molar-refractivity contribution < 1.29 is 0 Å². The van der Waals surface area contributed by atoms with Gasteiger partial charge in [0.15, 0.2) is 4.77 Å². The van der Waals surface area contributed by atoms with Crippen LogP contribution in [0.2, 0.25) is 0 Å². The molecular formula is C12H19N3S. The number of aromatic amines is 2. The molecule has 0 aliphatic heterocycles. The number of H-pyrrole nitrogens is 2. The Morgan fingerprint density at radius 2 is 2.38 bits per heavy atom. The fourth-order valence-corrected chi connectivity index (χ4v) is 2.72. The summed E-state index contributed by atoms with van der Waals surface area (Å²) in [5.74, 6) is 1.28. The van der Waals surface area contributed by atoms with Crippen LogP contribution in [0.15, 0.2) is 17.8 Å². The van der Waals surface area contributed by atoms with Gasteiger partial charge in [-0.1, -0.05) is 18.6 Å². The number of rotatable bonds is 3. The minimum atomic E-state index is 0.593. The molecule has 4 N–H and O–H groups in total. The highest BCUT2D eigenvalue weighted by atomic mass is 32.1. The Morgan fingerprint density at radius 3 is 3.00 bits per heavy atom. The van der Waals surface area contributed by atoms with Gasteiger partial charge in [-0.2, -0.15) is 0 Å². The van der Waals surface area contributed by atoms with E-state index in [1.807, 2.05) is 6.20 Å². The zero-order valence-corrected chi connectivity index (χ0v) is 10.4. The van der Waals surface area contributed by atoms with Gasteiger partial charge in [0.2, 0.25) is 0 Å². The first-order valence-electron chi connectivity index (χ1n) is 5.86. The van der Waals surface area contributed by atoms with Crippen molar-refractivity contribution in [2.24, 2.45) is 17.6 Å². The van der Waals surface area contributed by atoms with Crippen molar-refractivity contribution in [2.75, 3.05) is 6.54 Å². The first-order chi connectivity index (χ1) is 7.70. The number of aromatic nitrogens is 2. The molecule has 0 saturated heterocycles. The lowest BCUT2D eigenvalue weighted by molar-refractivity contribution is 0.353. The number of nitrogens with one attached hydrogen (secondary N) is 2. The molecule has 0 radical (unpaired) electrons. The molecule has 2 rings (SSSR count). The molecule has 16 heavy (non-hydrogen) atoms. The molecule has 0 bridgehead atoms. The Kier molecular flexibility index (Phi) is 3.61. The first kappa shape index (κ1) is 11.6. The highest BCUT2D eigenvalue weighted by Crippen LogP contribution is 2.31. The summed E-state index contributed by atoms with van der Waals surface area (Å²) in [5, 5.41) is 0. The Labute approximate surface area is 101 Å². The molecule has 1 aliphatic carbocycles. The van der Waals surface area contributed by atoms with Gasteiger partial charge in [-0.05, 0) is 43.3 Å². The van der Waals surface area contributed by atoms with Crippen LogP contribution in [0, 0.1) is 16.6 Å². The third-order valence-electron chi connectivity index (χ3n) is 3.61. The van der Waals surface area contributed by atoms with Gasteiger partial charge < -0.3 is 15.7 Å². The van der Waals surface area contributed by atoms with Gasteiger partial charge in [0.25, 0.3) is 0 Å². The first-order valence-corrected chi connectivity index (χ1v) is 6.27. The van der Waals surface area contributed by atoms with Gasteiger partial charge in [0.05, 0.1) is 0 Å². The predicted octanol–water partition coefficient (Wildman–Crippen LogP) is 2.55. The summed E-state index contributed by atoms with van der Waals surface area (Å²) >= 11 is 5.03. The summed E-state index contributed by atoms with van der Waals surface area (Å²) < 4.78 is 0.716. The van der Waals surface area contributed by atoms with Gasteiger partial charge in [0, 0.05) is 18.4 Å². The second-order valence-corrected chi connectivity index (χ2v) is 4.99. The van der Waals surface area contributed by atoms with Crippen LogP contribution in [0.1, 0.15) is 25.5 Å². The van der Waals surface area contributed by atoms with Crippen molar-refractivity contribution in [3.05, 3.63) is 28.3 Å². The summed E-state index contributed by atoms with van der Waals surface area (Å²) in [4.78, 5) is 6.20. The lowest BCUT2D eigenvalue weighted by Crippen LogP contribution is -2.24. The van der Waals surface area contributed by atoms with Crippen LogP contribution in [0.5, 0.6) is 0 Å². The normalized spacial score (nSPS) is 25.5. The van der Waals surface area contributed by atoms with E-state index < -0.39 is 0 Å². The van der Waals surface area contributed by atoms with E-state index in [9.17, 15) is 0 Å². The zero-order chi connectivity index (χ0) is 11.5. The molecule has 1 heterocycles. The molecule has 4 heteroatoms. The molecule has 0 fully saturated rings. The minimum absolute atomic E-state index is 0.593. The van der Waals surface area contributed by atoms with Gasteiger partial charge >= 0.3 is 0 Å². The fourth-order valence-electron chi connectivity index (χ4n) is 2.53. The van der Waals surface area contributed by atoms with Crippen LogP contribution in [-0.2, 0) is 6.42 Å². The van der Waals surface area contributed by atoms with Gasteiger partial charge in [-0.3, -0.25) is 0 Å². The molecule has 1 aromatic rings. The summed E-state index contributed by atoms with van der Waals surface area (Å²) in [6.07, 6.45) is 7.75. The topological polar surface area (TPSA) is 57.6 Å². The molecule has 0 spiro atoms. The second kappa shape index (κ2) is 4.97. The van der Waals surface area contributed by atoms with Crippen LogP contribution < -0.4 is 5.73 Å². The van der Waals surface area contributed by atoms with E-state index in [2.05, 4.69) is 23.0 Å². The van der Waals surface area contributed by atoms with Crippen LogP contribution in [0.4, 0.5) is 0 Å². The van der Waals surface area contributed by atoms with E-state index in [1.54, 1.807) is 0 Å². The number of nitrogens with two attached hydrogens (primary N) is 1. The molecule has 1 aliphatic rings. The third-order valence-corrected chi connectivity index (χ3v) is 3.83. The Hall–Kier alpha value is -0.870. The van der Waals surface area contributed by atoms with Crippen molar-refractivity contribution >= 4 is 12.2 Å². The summed E-state index contributed by atoms with van der Waals surface area (Å²) in [5.41, 5.74) is 8.37. The third kappa shape index (κ3) is 2.44. The molecule has 3 nitrogen and oxygen atoms in total. The zero-order valence-electron chi connectivity index (χ0n) is 9.62. The standard InChI is InChI=1S/C12H19N3S/c1-8-9(3-2-4-10(8)6-13)5-11-7-14-12(16)15-11/h4,7-9H,2-3,5-6,13H2,1H3,(H2,14,15,16). The maximum Gasteiger partial charge on any atom is 0.174 e. The lowest BCUT2D eigenvalue weighted by Gasteiger charge is -2.29. The Balaban J connectivity index is 2.06. The highest BCUT2D eigenvalue weighted by molar-refractivity contribution is 7.71. The van der Waals surface area contributed by atoms with Crippen LogP contribution >= 0.6 is 12.2 Å². The average molecular weight is 237 g/mol. The quantitative estimate of drug-likeness (QED) is 0.559. The van der Waals surface area contributed by atoms with Crippen molar-refractivity contribution in [1.82, 2.24) is 9.97 Å². The smallest absolute Gasteiger partial charge is 0.174 e. The number of hydrogen-bond donors (Lipinski definition) is 3. The van der Waals surface area contributed by atoms with Crippen LogP contribution in [0.25, 0.3) is 0 Å². The Bertz CT molecular complexity index is 429. The van der Waals surface area contributed by atoms with E-state index in [0.29, 0.717) is 23.2 Å². The van der Waals surface area contributed by atoms with E-state index >= 15 is 0 Å². The Morgan fingerprint density at radius 1 is 1.56 bits per heavy atom. The largest absolute Gasteiger partial charge is 0.337 e. The summed E-state index contributed by atoms with van der Waals surface area (Å²) in [6.45, 7) is 2.98. The molecule has 0 saturated carbocycles.